The quantitative estimate of drug-likeness (QED) is 0.528. The minimum Gasteiger partial charge on any atom is -0.255 e. The molecular formula is C23H20N2Si. The van der Waals surface area contributed by atoms with E-state index in [0.717, 1.165) is 17.0 Å². The van der Waals surface area contributed by atoms with E-state index < -0.39 is 8.80 Å². The third-order valence-electron chi connectivity index (χ3n) is 4.57. The summed E-state index contributed by atoms with van der Waals surface area (Å²) in [6, 6.07) is 30.0. The van der Waals surface area contributed by atoms with E-state index in [-0.39, 0.29) is 0 Å². The Balaban J connectivity index is 1.91. The van der Waals surface area contributed by atoms with Gasteiger partial charge >= 0.3 is 0 Å². The molecule has 2 aromatic heterocycles. The fraction of sp³-hybridized carbons (Fsp3) is 0.0435. The molecule has 0 unspecified atom stereocenters. The van der Waals surface area contributed by atoms with Gasteiger partial charge in [-0.1, -0.05) is 83.2 Å². The summed E-state index contributed by atoms with van der Waals surface area (Å²) < 4.78 is 0. The largest absolute Gasteiger partial charge is 0.255 e. The number of hydrogen-bond donors (Lipinski definition) is 0. The van der Waals surface area contributed by atoms with E-state index >= 15 is 0 Å². The second-order valence-corrected chi connectivity index (χ2v) is 9.24. The predicted octanol–water partition coefficient (Wildman–Crippen LogP) is 2.70. The van der Waals surface area contributed by atoms with Gasteiger partial charge < -0.3 is 0 Å². The maximum atomic E-state index is 4.72. The molecule has 3 heteroatoms. The minimum atomic E-state index is -1.63. The Hall–Kier alpha value is -3.04. The van der Waals surface area contributed by atoms with E-state index in [4.69, 9.17) is 4.98 Å². The molecular weight excluding hydrogens is 332 g/mol. The van der Waals surface area contributed by atoms with Gasteiger partial charge in [0.1, 0.15) is 8.80 Å². The monoisotopic (exact) mass is 352 g/mol. The average molecular weight is 353 g/mol. The van der Waals surface area contributed by atoms with Crippen molar-refractivity contribution in [1.82, 2.24) is 9.97 Å². The van der Waals surface area contributed by atoms with Crippen molar-refractivity contribution in [3.8, 4) is 11.4 Å². The fourth-order valence-electron chi connectivity index (χ4n) is 3.32. The van der Waals surface area contributed by atoms with Crippen molar-refractivity contribution in [2.75, 3.05) is 0 Å². The first-order chi connectivity index (χ1) is 12.8. The molecule has 0 radical (unpaired) electrons. The van der Waals surface area contributed by atoms with Gasteiger partial charge in [-0.15, -0.1) is 0 Å². The highest BCUT2D eigenvalue weighted by atomic mass is 28.3. The molecule has 0 saturated heterocycles. The van der Waals surface area contributed by atoms with Crippen molar-refractivity contribution in [1.29, 1.82) is 0 Å². The van der Waals surface area contributed by atoms with Gasteiger partial charge in [-0.2, -0.15) is 0 Å². The summed E-state index contributed by atoms with van der Waals surface area (Å²) in [4.78, 5) is 9.36. The van der Waals surface area contributed by atoms with Gasteiger partial charge in [-0.25, -0.2) is 0 Å². The lowest BCUT2D eigenvalue weighted by Crippen LogP contribution is -2.52. The number of benzene rings is 2. The Bertz CT molecular complexity index is 944. The number of aromatic nitrogens is 2. The smallest absolute Gasteiger partial charge is 0.135 e. The summed E-state index contributed by atoms with van der Waals surface area (Å²) in [6.45, 7) is 2.06. The Labute approximate surface area is 155 Å². The summed E-state index contributed by atoms with van der Waals surface area (Å²) in [6.07, 6.45) is 3.78. The molecule has 2 aromatic carbocycles. The summed E-state index contributed by atoms with van der Waals surface area (Å²) in [5.41, 5.74) is 3.10. The van der Waals surface area contributed by atoms with Crippen LogP contribution < -0.4 is 15.6 Å². The van der Waals surface area contributed by atoms with Crippen molar-refractivity contribution in [3.05, 3.63) is 103 Å². The van der Waals surface area contributed by atoms with Crippen LogP contribution in [0.15, 0.2) is 97.3 Å². The van der Waals surface area contributed by atoms with E-state index in [0.29, 0.717) is 0 Å². The zero-order chi connectivity index (χ0) is 17.8. The van der Waals surface area contributed by atoms with Gasteiger partial charge in [0.15, 0.2) is 0 Å². The standard InChI is InChI=1S/C23H20N2Si/c1-18-14-15-21(25-17-18)23-22(13-8-16-24-23)26(19-9-4-2-5-10-19)20-11-6-3-7-12-20/h2-17,26H,1H3. The van der Waals surface area contributed by atoms with Gasteiger partial charge in [-0.3, -0.25) is 9.97 Å². The van der Waals surface area contributed by atoms with Gasteiger partial charge in [0.05, 0.1) is 11.4 Å². The number of pyridine rings is 2. The van der Waals surface area contributed by atoms with E-state index in [9.17, 15) is 0 Å². The van der Waals surface area contributed by atoms with Gasteiger partial charge in [0, 0.05) is 12.4 Å². The van der Waals surface area contributed by atoms with Crippen molar-refractivity contribution in [2.24, 2.45) is 0 Å². The first-order valence-corrected chi connectivity index (χ1v) is 10.5. The third-order valence-corrected chi connectivity index (χ3v) is 7.76. The molecule has 0 bridgehead atoms. The summed E-state index contributed by atoms with van der Waals surface area (Å²) in [5.74, 6) is 0. The van der Waals surface area contributed by atoms with Crippen LogP contribution in [0.4, 0.5) is 0 Å². The molecule has 0 fully saturated rings. The van der Waals surface area contributed by atoms with Crippen molar-refractivity contribution >= 4 is 24.4 Å². The molecule has 0 amide bonds. The molecule has 0 atom stereocenters. The molecule has 0 aliphatic carbocycles. The molecule has 26 heavy (non-hydrogen) atoms. The maximum absolute atomic E-state index is 4.72. The van der Waals surface area contributed by atoms with Crippen LogP contribution in [-0.2, 0) is 0 Å². The topological polar surface area (TPSA) is 25.8 Å². The van der Waals surface area contributed by atoms with Crippen molar-refractivity contribution in [3.63, 3.8) is 0 Å². The normalized spacial score (nSPS) is 10.8. The highest BCUT2D eigenvalue weighted by Crippen LogP contribution is 2.13. The van der Waals surface area contributed by atoms with Crippen LogP contribution in [0.1, 0.15) is 5.56 Å². The molecule has 0 spiro atoms. The van der Waals surface area contributed by atoms with E-state index in [1.54, 1.807) is 0 Å². The second kappa shape index (κ2) is 7.46. The molecule has 2 heterocycles. The second-order valence-electron chi connectivity index (χ2n) is 6.42. The molecule has 2 nitrogen and oxygen atoms in total. The molecule has 4 aromatic rings. The summed E-state index contributed by atoms with van der Waals surface area (Å²) in [7, 11) is -1.63. The Morgan fingerprint density at radius 2 is 1.31 bits per heavy atom. The summed E-state index contributed by atoms with van der Waals surface area (Å²) >= 11 is 0. The molecule has 126 valence electrons. The Morgan fingerprint density at radius 1 is 0.654 bits per heavy atom. The Morgan fingerprint density at radius 3 is 1.88 bits per heavy atom. The number of nitrogens with zero attached hydrogens (tertiary/aromatic N) is 2. The van der Waals surface area contributed by atoms with E-state index in [1.807, 2.05) is 18.5 Å². The van der Waals surface area contributed by atoms with Crippen LogP contribution in [-0.4, -0.2) is 18.8 Å². The maximum Gasteiger partial charge on any atom is 0.135 e. The Kier molecular flexibility index (Phi) is 4.71. The van der Waals surface area contributed by atoms with Gasteiger partial charge in [-0.05, 0) is 29.8 Å². The number of rotatable bonds is 4. The number of hydrogen-bond acceptors (Lipinski definition) is 2. The van der Waals surface area contributed by atoms with Crippen molar-refractivity contribution in [2.45, 2.75) is 6.92 Å². The van der Waals surface area contributed by atoms with E-state index in [1.165, 1.54) is 15.6 Å². The minimum absolute atomic E-state index is 0.940. The number of aryl methyl sites for hydroxylation is 1. The first-order valence-electron chi connectivity index (χ1n) is 8.81. The highest BCUT2D eigenvalue weighted by molar-refractivity contribution is 6.96. The molecule has 0 aliphatic heterocycles. The highest BCUT2D eigenvalue weighted by Gasteiger charge is 2.23. The molecule has 4 rings (SSSR count). The average Bonchev–Trinajstić information content (AvgIpc) is 2.71. The van der Waals surface area contributed by atoms with Crippen LogP contribution in [0.5, 0.6) is 0 Å². The molecule has 0 saturated carbocycles. The van der Waals surface area contributed by atoms with Gasteiger partial charge in [0.2, 0.25) is 0 Å². The van der Waals surface area contributed by atoms with Crippen LogP contribution >= 0.6 is 0 Å². The van der Waals surface area contributed by atoms with Crippen LogP contribution in [0.3, 0.4) is 0 Å². The SMILES string of the molecule is Cc1ccc(-c2ncccc2[SiH](c2ccccc2)c2ccccc2)nc1. The van der Waals surface area contributed by atoms with Crippen LogP contribution in [0.25, 0.3) is 11.4 Å². The predicted molar refractivity (Wildman–Crippen MR) is 111 cm³/mol. The zero-order valence-electron chi connectivity index (χ0n) is 14.7. The third kappa shape index (κ3) is 3.34. The summed E-state index contributed by atoms with van der Waals surface area (Å²) in [5, 5.41) is 4.08. The lowest BCUT2D eigenvalue weighted by atomic mass is 10.2. The van der Waals surface area contributed by atoms with E-state index in [2.05, 4.69) is 90.8 Å². The van der Waals surface area contributed by atoms with Crippen molar-refractivity contribution < 1.29 is 0 Å². The van der Waals surface area contributed by atoms with Crippen LogP contribution in [0, 0.1) is 6.92 Å². The van der Waals surface area contributed by atoms with Gasteiger partial charge in [0.25, 0.3) is 0 Å². The molecule has 0 N–H and O–H groups in total. The van der Waals surface area contributed by atoms with Crippen LogP contribution in [0.2, 0.25) is 0 Å². The fourth-order valence-corrected chi connectivity index (χ4v) is 6.43. The molecule has 0 aliphatic rings. The zero-order valence-corrected chi connectivity index (χ0v) is 15.9. The first kappa shape index (κ1) is 16.4. The lowest BCUT2D eigenvalue weighted by molar-refractivity contribution is 1.23. The lowest BCUT2D eigenvalue weighted by Gasteiger charge is -2.19.